The topological polar surface area (TPSA) is 50.4 Å². The summed E-state index contributed by atoms with van der Waals surface area (Å²) in [7, 11) is 0. The largest absolute Gasteiger partial charge is 0.445 e. The van der Waals surface area contributed by atoms with Crippen LogP contribution in [-0.4, -0.2) is 18.7 Å². The van der Waals surface area contributed by atoms with Crippen LogP contribution in [0.1, 0.15) is 43.2 Å². The van der Waals surface area contributed by atoms with Crippen molar-refractivity contribution in [2.45, 2.75) is 50.2 Å². The number of rotatable bonds is 5. The molecule has 0 saturated heterocycles. The van der Waals surface area contributed by atoms with Gasteiger partial charge in [0.2, 0.25) is 0 Å². The third-order valence-electron chi connectivity index (χ3n) is 6.24. The number of anilines is 1. The number of carbonyl (C=O) groups is 1. The first-order valence-corrected chi connectivity index (χ1v) is 11.1. The lowest BCUT2D eigenvalue weighted by Gasteiger charge is -2.37. The van der Waals surface area contributed by atoms with E-state index in [0.29, 0.717) is 12.6 Å². The molecule has 1 saturated carbocycles. The number of benzene rings is 2. The molecule has 0 radical (unpaired) electrons. The molecular formula is C24H27BrN2O2. The minimum absolute atomic E-state index is 0.150. The molecule has 2 unspecified atom stereocenters. The highest BCUT2D eigenvalue weighted by molar-refractivity contribution is 9.10. The summed E-state index contributed by atoms with van der Waals surface area (Å²) in [4.78, 5) is 12.2. The number of amides is 1. The second kappa shape index (κ2) is 8.62. The third-order valence-corrected chi connectivity index (χ3v) is 6.73. The molecule has 2 aromatic carbocycles. The van der Waals surface area contributed by atoms with Crippen molar-refractivity contribution in [3.63, 3.8) is 0 Å². The van der Waals surface area contributed by atoms with Gasteiger partial charge >= 0.3 is 6.09 Å². The summed E-state index contributed by atoms with van der Waals surface area (Å²) in [5.74, 6) is 0. The monoisotopic (exact) mass is 454 g/mol. The second-order valence-electron chi connectivity index (χ2n) is 7.95. The van der Waals surface area contributed by atoms with Crippen molar-refractivity contribution < 1.29 is 9.53 Å². The Morgan fingerprint density at radius 3 is 2.90 bits per heavy atom. The van der Waals surface area contributed by atoms with Crippen LogP contribution in [0.3, 0.4) is 0 Å². The van der Waals surface area contributed by atoms with Crippen molar-refractivity contribution in [3.05, 3.63) is 76.3 Å². The van der Waals surface area contributed by atoms with Crippen LogP contribution in [-0.2, 0) is 16.8 Å². The molecule has 2 aliphatic rings. The van der Waals surface area contributed by atoms with Gasteiger partial charge in [-0.2, -0.15) is 0 Å². The zero-order valence-electron chi connectivity index (χ0n) is 16.5. The van der Waals surface area contributed by atoms with E-state index in [1.807, 2.05) is 30.3 Å². The third kappa shape index (κ3) is 4.06. The van der Waals surface area contributed by atoms with Gasteiger partial charge in [-0.05, 0) is 55.0 Å². The Hall–Kier alpha value is -2.27. The van der Waals surface area contributed by atoms with E-state index in [9.17, 15) is 4.79 Å². The fourth-order valence-corrected chi connectivity index (χ4v) is 5.16. The Kier molecular flexibility index (Phi) is 5.95. The van der Waals surface area contributed by atoms with Crippen LogP contribution in [0.2, 0.25) is 0 Å². The van der Waals surface area contributed by atoms with E-state index in [-0.39, 0.29) is 18.1 Å². The van der Waals surface area contributed by atoms with Crippen molar-refractivity contribution >= 4 is 27.7 Å². The number of carbonyl (C=O) groups excluding carboxylic acids is 1. The number of hydrogen-bond donors (Lipinski definition) is 2. The van der Waals surface area contributed by atoms with Crippen LogP contribution in [0.4, 0.5) is 10.5 Å². The molecule has 1 aliphatic heterocycles. The maximum Gasteiger partial charge on any atom is 0.407 e. The van der Waals surface area contributed by atoms with Gasteiger partial charge in [-0.3, -0.25) is 0 Å². The number of alkyl carbamates (subject to hydrolysis) is 1. The van der Waals surface area contributed by atoms with Crippen molar-refractivity contribution in [1.29, 1.82) is 0 Å². The van der Waals surface area contributed by atoms with Gasteiger partial charge in [-0.1, -0.05) is 64.8 Å². The zero-order chi connectivity index (χ0) is 20.3. The maximum absolute atomic E-state index is 12.2. The predicted octanol–water partition coefficient (Wildman–Crippen LogP) is 5.93. The van der Waals surface area contributed by atoms with Crippen LogP contribution in [0.5, 0.6) is 0 Å². The molecule has 1 aliphatic carbocycles. The Morgan fingerprint density at radius 1 is 1.24 bits per heavy atom. The van der Waals surface area contributed by atoms with E-state index in [2.05, 4.69) is 51.3 Å². The quantitative estimate of drug-likeness (QED) is 0.550. The Labute approximate surface area is 180 Å². The van der Waals surface area contributed by atoms with Crippen molar-refractivity contribution in [2.75, 3.05) is 11.9 Å². The lowest BCUT2D eigenvalue weighted by molar-refractivity contribution is 0.139. The van der Waals surface area contributed by atoms with Gasteiger partial charge in [0.05, 0.1) is 0 Å². The van der Waals surface area contributed by atoms with Crippen molar-refractivity contribution in [1.82, 2.24) is 5.32 Å². The van der Waals surface area contributed by atoms with E-state index in [1.165, 1.54) is 29.7 Å². The summed E-state index contributed by atoms with van der Waals surface area (Å²) in [6.45, 7) is 5.33. The van der Waals surface area contributed by atoms with Crippen LogP contribution < -0.4 is 10.6 Å². The molecule has 29 heavy (non-hydrogen) atoms. The molecule has 152 valence electrons. The smallest absolute Gasteiger partial charge is 0.407 e. The number of ether oxygens (including phenoxy) is 1. The molecular weight excluding hydrogens is 428 g/mol. The number of halogens is 1. The van der Waals surface area contributed by atoms with Crippen LogP contribution in [0.25, 0.3) is 0 Å². The molecule has 2 atom stereocenters. The van der Waals surface area contributed by atoms with Gasteiger partial charge < -0.3 is 15.4 Å². The minimum atomic E-state index is -0.374. The van der Waals surface area contributed by atoms with Gasteiger partial charge in [0, 0.05) is 28.2 Å². The van der Waals surface area contributed by atoms with Crippen LogP contribution >= 0.6 is 15.9 Å². The normalized spacial score (nSPS) is 22.8. The van der Waals surface area contributed by atoms with E-state index >= 15 is 0 Å². The molecule has 0 bridgehead atoms. The summed E-state index contributed by atoms with van der Waals surface area (Å²) in [5.41, 5.74) is 4.58. The highest BCUT2D eigenvalue weighted by Crippen LogP contribution is 2.52. The molecule has 0 aromatic heterocycles. The molecule has 0 spiro atoms. The Balaban J connectivity index is 1.45. The summed E-state index contributed by atoms with van der Waals surface area (Å²) in [5, 5.41) is 6.69. The van der Waals surface area contributed by atoms with Crippen molar-refractivity contribution in [2.24, 2.45) is 0 Å². The maximum atomic E-state index is 12.2. The molecule has 1 amide bonds. The van der Waals surface area contributed by atoms with E-state index in [0.717, 1.165) is 29.3 Å². The molecule has 1 fully saturated rings. The van der Waals surface area contributed by atoms with Gasteiger partial charge in [-0.25, -0.2) is 4.79 Å². The zero-order valence-corrected chi connectivity index (χ0v) is 18.1. The van der Waals surface area contributed by atoms with Gasteiger partial charge in [0.1, 0.15) is 6.61 Å². The summed E-state index contributed by atoms with van der Waals surface area (Å²) < 4.78 is 6.45. The summed E-state index contributed by atoms with van der Waals surface area (Å²) >= 11 is 3.63. The first-order chi connectivity index (χ1) is 14.1. The SMILES string of the molecule is C=C1CCCCC2Nc3ccc(Br)cc3C12CCNC(=O)OCc1ccccc1. The average Bonchev–Trinajstić information content (AvgIpc) is 2.94. The standard InChI is InChI=1S/C24H27BrN2O2/c1-17-7-5-6-10-22-24(17,20-15-19(25)11-12-21(20)27-22)13-14-26-23(28)29-16-18-8-3-2-4-9-18/h2-4,8-9,11-12,15,22,27H,1,5-7,10,13-14,16H2,(H,26,28). The molecule has 2 N–H and O–H groups in total. The first-order valence-electron chi connectivity index (χ1n) is 10.3. The highest BCUT2D eigenvalue weighted by Gasteiger charge is 2.48. The molecule has 1 heterocycles. The van der Waals surface area contributed by atoms with Crippen LogP contribution in [0, 0.1) is 0 Å². The van der Waals surface area contributed by atoms with Gasteiger partial charge in [0.25, 0.3) is 0 Å². The number of fused-ring (bicyclic) bond motifs is 3. The fourth-order valence-electron chi connectivity index (χ4n) is 4.80. The predicted molar refractivity (Wildman–Crippen MR) is 120 cm³/mol. The Bertz CT molecular complexity index is 899. The lowest BCUT2D eigenvalue weighted by atomic mass is 9.68. The molecule has 4 nitrogen and oxygen atoms in total. The van der Waals surface area contributed by atoms with Crippen molar-refractivity contribution in [3.8, 4) is 0 Å². The summed E-state index contributed by atoms with van der Waals surface area (Å²) in [6.07, 6.45) is 4.95. The minimum Gasteiger partial charge on any atom is -0.445 e. The highest BCUT2D eigenvalue weighted by atomic mass is 79.9. The number of nitrogens with one attached hydrogen (secondary N) is 2. The molecule has 5 heteroatoms. The second-order valence-corrected chi connectivity index (χ2v) is 8.86. The molecule has 2 aromatic rings. The van der Waals surface area contributed by atoms with Gasteiger partial charge in [0.15, 0.2) is 0 Å². The van der Waals surface area contributed by atoms with Gasteiger partial charge in [-0.15, -0.1) is 0 Å². The fraction of sp³-hybridized carbons (Fsp3) is 0.375. The van der Waals surface area contributed by atoms with E-state index in [4.69, 9.17) is 4.74 Å². The Morgan fingerprint density at radius 2 is 2.07 bits per heavy atom. The first kappa shape index (κ1) is 20.0. The summed E-state index contributed by atoms with van der Waals surface area (Å²) in [6, 6.07) is 16.5. The lowest BCUT2D eigenvalue weighted by Crippen LogP contribution is -2.42. The molecule has 4 rings (SSSR count). The van der Waals surface area contributed by atoms with E-state index < -0.39 is 0 Å². The number of hydrogen-bond acceptors (Lipinski definition) is 3. The average molecular weight is 455 g/mol. The van der Waals surface area contributed by atoms with Crippen LogP contribution in [0.15, 0.2) is 65.2 Å². The van der Waals surface area contributed by atoms with E-state index in [1.54, 1.807) is 0 Å².